The van der Waals surface area contributed by atoms with Crippen LogP contribution in [0, 0.1) is 17.0 Å². The summed E-state index contributed by atoms with van der Waals surface area (Å²) in [6.07, 6.45) is -0.228. The van der Waals surface area contributed by atoms with E-state index in [1.807, 2.05) is 43.3 Å². The first kappa shape index (κ1) is 19.9. The molecular formula is C22H21ClN2O3. The highest BCUT2D eigenvalue weighted by atomic mass is 35.5. The third-order valence-corrected chi connectivity index (χ3v) is 4.86. The molecule has 0 spiro atoms. The van der Waals surface area contributed by atoms with E-state index in [1.54, 1.807) is 24.3 Å². The van der Waals surface area contributed by atoms with Gasteiger partial charge in [-0.2, -0.15) is 0 Å². The van der Waals surface area contributed by atoms with Crippen LogP contribution >= 0.6 is 11.6 Å². The normalized spacial score (nSPS) is 13.0. The predicted octanol–water partition coefficient (Wildman–Crippen LogP) is 5.83. The summed E-state index contributed by atoms with van der Waals surface area (Å²) in [4.78, 5) is 10.4. The maximum absolute atomic E-state index is 10.9. The van der Waals surface area contributed by atoms with E-state index in [2.05, 4.69) is 5.32 Å². The molecule has 2 unspecified atom stereocenters. The number of halogens is 1. The largest absolute Gasteiger partial charge is 0.388 e. The highest BCUT2D eigenvalue weighted by molar-refractivity contribution is 6.30. The molecule has 3 aromatic rings. The Morgan fingerprint density at radius 3 is 2.11 bits per heavy atom. The second-order valence-electron chi connectivity index (χ2n) is 6.71. The van der Waals surface area contributed by atoms with Crippen LogP contribution < -0.4 is 5.32 Å². The van der Waals surface area contributed by atoms with Crippen molar-refractivity contribution in [2.75, 3.05) is 5.32 Å². The number of nitro benzene ring substituents is 1. The Kier molecular flexibility index (Phi) is 6.29. The van der Waals surface area contributed by atoms with Crippen molar-refractivity contribution < 1.29 is 10.0 Å². The molecule has 0 aliphatic heterocycles. The Hall–Kier alpha value is -2.89. The number of aryl methyl sites for hydroxylation is 1. The van der Waals surface area contributed by atoms with E-state index >= 15 is 0 Å². The van der Waals surface area contributed by atoms with Crippen LogP contribution in [0.3, 0.4) is 0 Å². The van der Waals surface area contributed by atoms with Crippen LogP contribution in [-0.2, 0) is 0 Å². The molecule has 5 nitrogen and oxygen atoms in total. The Balaban J connectivity index is 1.83. The van der Waals surface area contributed by atoms with Gasteiger partial charge in [-0.25, -0.2) is 0 Å². The number of benzene rings is 3. The van der Waals surface area contributed by atoms with Crippen molar-refractivity contribution in [2.45, 2.75) is 25.5 Å². The molecule has 28 heavy (non-hydrogen) atoms. The zero-order chi connectivity index (χ0) is 20.1. The Bertz CT molecular complexity index is 926. The van der Waals surface area contributed by atoms with E-state index in [0.29, 0.717) is 11.4 Å². The minimum Gasteiger partial charge on any atom is -0.388 e. The van der Waals surface area contributed by atoms with E-state index in [-0.39, 0.29) is 11.7 Å². The van der Waals surface area contributed by atoms with Crippen molar-refractivity contribution >= 4 is 23.0 Å². The fraction of sp³-hybridized carbons (Fsp3) is 0.182. The SMILES string of the molecule is Cc1ccc(C(O)CC(Nc2ccc([N+](=O)[O-])cc2)c2ccc(Cl)cc2)cc1. The van der Waals surface area contributed by atoms with Crippen molar-refractivity contribution in [1.82, 2.24) is 0 Å². The summed E-state index contributed by atoms with van der Waals surface area (Å²) in [6, 6.07) is 21.3. The summed E-state index contributed by atoms with van der Waals surface area (Å²) in [5.74, 6) is 0. The predicted molar refractivity (Wildman–Crippen MR) is 112 cm³/mol. The van der Waals surface area contributed by atoms with Gasteiger partial charge in [-0.1, -0.05) is 53.6 Å². The van der Waals surface area contributed by atoms with Crippen molar-refractivity contribution in [3.63, 3.8) is 0 Å². The van der Waals surface area contributed by atoms with E-state index in [0.717, 1.165) is 22.4 Å². The quantitative estimate of drug-likeness (QED) is 0.389. The van der Waals surface area contributed by atoms with Gasteiger partial charge in [-0.3, -0.25) is 10.1 Å². The molecule has 0 bridgehead atoms. The molecule has 144 valence electrons. The van der Waals surface area contributed by atoms with Crippen LogP contribution in [0.2, 0.25) is 5.02 Å². The van der Waals surface area contributed by atoms with E-state index < -0.39 is 11.0 Å². The monoisotopic (exact) mass is 396 g/mol. The topological polar surface area (TPSA) is 75.4 Å². The summed E-state index contributed by atoms with van der Waals surface area (Å²) >= 11 is 6.01. The smallest absolute Gasteiger partial charge is 0.269 e. The minimum atomic E-state index is -0.660. The number of nitrogens with one attached hydrogen (secondary N) is 1. The fourth-order valence-corrected chi connectivity index (χ4v) is 3.13. The molecule has 0 fully saturated rings. The first-order valence-electron chi connectivity index (χ1n) is 8.93. The number of non-ortho nitro benzene ring substituents is 1. The molecule has 2 N–H and O–H groups in total. The second-order valence-corrected chi connectivity index (χ2v) is 7.15. The van der Waals surface area contributed by atoms with Gasteiger partial charge in [0.15, 0.2) is 0 Å². The zero-order valence-electron chi connectivity index (χ0n) is 15.4. The lowest BCUT2D eigenvalue weighted by Gasteiger charge is -2.24. The minimum absolute atomic E-state index is 0.0354. The van der Waals surface area contributed by atoms with Crippen molar-refractivity contribution in [1.29, 1.82) is 0 Å². The lowest BCUT2D eigenvalue weighted by atomic mass is 9.96. The summed E-state index contributed by atoms with van der Waals surface area (Å²) in [5.41, 5.74) is 3.72. The number of rotatable bonds is 7. The number of nitrogens with zero attached hydrogens (tertiary/aromatic N) is 1. The van der Waals surface area contributed by atoms with Gasteiger partial charge in [0.2, 0.25) is 0 Å². The van der Waals surface area contributed by atoms with Gasteiger partial charge in [-0.15, -0.1) is 0 Å². The summed E-state index contributed by atoms with van der Waals surface area (Å²) in [6.45, 7) is 2.00. The molecule has 0 aliphatic rings. The van der Waals surface area contributed by atoms with E-state index in [9.17, 15) is 15.2 Å². The zero-order valence-corrected chi connectivity index (χ0v) is 16.1. The summed E-state index contributed by atoms with van der Waals surface area (Å²) in [5, 5.41) is 25.6. The Labute approximate surface area is 168 Å². The van der Waals surface area contributed by atoms with Crippen molar-refractivity contribution in [3.05, 3.63) is 105 Å². The molecule has 3 aromatic carbocycles. The van der Waals surface area contributed by atoms with Gasteiger partial charge < -0.3 is 10.4 Å². The van der Waals surface area contributed by atoms with Gasteiger partial charge in [0.05, 0.1) is 17.1 Å². The summed E-state index contributed by atoms with van der Waals surface area (Å²) in [7, 11) is 0. The molecule has 6 heteroatoms. The lowest BCUT2D eigenvalue weighted by molar-refractivity contribution is -0.384. The van der Waals surface area contributed by atoms with Crippen LogP contribution in [0.4, 0.5) is 11.4 Å². The third-order valence-electron chi connectivity index (χ3n) is 4.61. The van der Waals surface area contributed by atoms with Crippen LogP contribution in [0.5, 0.6) is 0 Å². The fourth-order valence-electron chi connectivity index (χ4n) is 3.00. The maximum atomic E-state index is 10.9. The molecule has 3 rings (SSSR count). The number of aliphatic hydroxyl groups is 1. The first-order chi connectivity index (χ1) is 13.4. The van der Waals surface area contributed by atoms with E-state index in [1.165, 1.54) is 12.1 Å². The van der Waals surface area contributed by atoms with Crippen LogP contribution in [0.25, 0.3) is 0 Å². The molecule has 0 saturated carbocycles. The first-order valence-corrected chi connectivity index (χ1v) is 9.31. The van der Waals surface area contributed by atoms with Gasteiger partial charge in [0, 0.05) is 29.3 Å². The number of anilines is 1. The number of aliphatic hydroxyl groups excluding tert-OH is 1. The standard InChI is InChI=1S/C22H21ClN2O3/c1-15-2-4-17(5-3-15)22(26)14-21(16-6-8-18(23)9-7-16)24-19-10-12-20(13-11-19)25(27)28/h2-13,21-22,24,26H,14H2,1H3. The van der Waals surface area contributed by atoms with Gasteiger partial charge in [-0.05, 0) is 42.3 Å². The van der Waals surface area contributed by atoms with E-state index in [4.69, 9.17) is 11.6 Å². The molecule has 2 atom stereocenters. The molecule has 0 aromatic heterocycles. The highest BCUT2D eigenvalue weighted by Crippen LogP contribution is 2.31. The highest BCUT2D eigenvalue weighted by Gasteiger charge is 2.18. The van der Waals surface area contributed by atoms with Crippen LogP contribution in [0.15, 0.2) is 72.8 Å². The molecule has 0 radical (unpaired) electrons. The average Bonchev–Trinajstić information content (AvgIpc) is 2.69. The van der Waals surface area contributed by atoms with Gasteiger partial charge in [0.25, 0.3) is 5.69 Å². The number of hydrogen-bond donors (Lipinski definition) is 2. The van der Waals surface area contributed by atoms with Gasteiger partial charge in [0.1, 0.15) is 0 Å². The van der Waals surface area contributed by atoms with Gasteiger partial charge >= 0.3 is 0 Å². The summed E-state index contributed by atoms with van der Waals surface area (Å²) < 4.78 is 0. The Morgan fingerprint density at radius 1 is 0.964 bits per heavy atom. The van der Waals surface area contributed by atoms with Crippen molar-refractivity contribution in [3.8, 4) is 0 Å². The van der Waals surface area contributed by atoms with Crippen LogP contribution in [-0.4, -0.2) is 10.0 Å². The average molecular weight is 397 g/mol. The third kappa shape index (κ3) is 5.09. The molecule has 0 heterocycles. The molecule has 0 saturated heterocycles. The molecule has 0 amide bonds. The lowest BCUT2D eigenvalue weighted by Crippen LogP contribution is -2.15. The second kappa shape index (κ2) is 8.87. The maximum Gasteiger partial charge on any atom is 0.269 e. The molecular weight excluding hydrogens is 376 g/mol. The number of nitro groups is 1. The molecule has 0 aliphatic carbocycles. The number of hydrogen-bond acceptors (Lipinski definition) is 4. The van der Waals surface area contributed by atoms with Crippen molar-refractivity contribution in [2.24, 2.45) is 0 Å². The Morgan fingerprint density at radius 2 is 1.54 bits per heavy atom. The van der Waals surface area contributed by atoms with Crippen LogP contribution in [0.1, 0.15) is 35.3 Å².